The quantitative estimate of drug-likeness (QED) is 0.808. The zero-order chi connectivity index (χ0) is 15.7. The van der Waals surface area contributed by atoms with E-state index in [2.05, 4.69) is 19.9 Å². The van der Waals surface area contributed by atoms with Gasteiger partial charge in [-0.1, -0.05) is 38.1 Å². The lowest BCUT2D eigenvalue weighted by Gasteiger charge is -2.33. The fourth-order valence-electron chi connectivity index (χ4n) is 3.05. The Labute approximate surface area is 134 Å². The van der Waals surface area contributed by atoms with Crippen LogP contribution in [0, 0.1) is 5.92 Å². The van der Waals surface area contributed by atoms with E-state index < -0.39 is 10.2 Å². The first-order chi connectivity index (χ1) is 10.5. The van der Waals surface area contributed by atoms with Crippen molar-refractivity contribution in [2.45, 2.75) is 52.1 Å². The maximum absolute atomic E-state index is 13.0. The van der Waals surface area contributed by atoms with Crippen molar-refractivity contribution in [3.63, 3.8) is 0 Å². The Kier molecular flexibility index (Phi) is 4.57. The molecular weight excluding hydrogens is 296 g/mol. The summed E-state index contributed by atoms with van der Waals surface area (Å²) in [5, 5.41) is 0. The predicted molar refractivity (Wildman–Crippen MR) is 88.7 cm³/mol. The van der Waals surface area contributed by atoms with Gasteiger partial charge in [0.2, 0.25) is 0 Å². The second-order valence-electron chi connectivity index (χ2n) is 6.88. The molecule has 5 heteroatoms. The van der Waals surface area contributed by atoms with Gasteiger partial charge in [-0.05, 0) is 42.7 Å². The standard InChI is InChI=1S/C17H26N2O2S/c1-14(2)9-12-19(17-7-8-17)22(20,21)18-11-10-15-5-3-4-6-16(15)13-18/h3-6,14,17H,7-13H2,1-2H3. The van der Waals surface area contributed by atoms with Crippen molar-refractivity contribution in [1.29, 1.82) is 0 Å². The molecule has 0 saturated heterocycles. The number of hydrogen-bond donors (Lipinski definition) is 0. The first kappa shape index (κ1) is 16.0. The highest BCUT2D eigenvalue weighted by molar-refractivity contribution is 7.86. The van der Waals surface area contributed by atoms with E-state index >= 15 is 0 Å². The van der Waals surface area contributed by atoms with E-state index in [0.717, 1.165) is 31.2 Å². The predicted octanol–water partition coefficient (Wildman–Crippen LogP) is 2.80. The molecule has 3 rings (SSSR count). The average Bonchev–Trinajstić information content (AvgIpc) is 3.31. The molecule has 0 aromatic heterocycles. The highest BCUT2D eigenvalue weighted by Crippen LogP contribution is 2.32. The number of nitrogens with zero attached hydrogens (tertiary/aromatic N) is 2. The minimum atomic E-state index is -3.33. The van der Waals surface area contributed by atoms with Gasteiger partial charge in [0, 0.05) is 25.7 Å². The highest BCUT2D eigenvalue weighted by Gasteiger charge is 2.40. The van der Waals surface area contributed by atoms with Crippen molar-refractivity contribution in [3.8, 4) is 0 Å². The molecule has 1 fully saturated rings. The summed E-state index contributed by atoms with van der Waals surface area (Å²) in [5.74, 6) is 0.526. The highest BCUT2D eigenvalue weighted by atomic mass is 32.2. The second kappa shape index (κ2) is 6.30. The molecule has 0 unspecified atom stereocenters. The van der Waals surface area contributed by atoms with Crippen LogP contribution < -0.4 is 0 Å². The van der Waals surface area contributed by atoms with Crippen LogP contribution in [0.2, 0.25) is 0 Å². The molecule has 0 atom stereocenters. The summed E-state index contributed by atoms with van der Waals surface area (Å²) in [5.41, 5.74) is 2.44. The minimum absolute atomic E-state index is 0.237. The summed E-state index contributed by atoms with van der Waals surface area (Å²) in [7, 11) is -3.33. The summed E-state index contributed by atoms with van der Waals surface area (Å²) in [6.45, 7) is 6.07. The smallest absolute Gasteiger partial charge is 0.195 e. The normalized spacial score (nSPS) is 19.6. The largest absolute Gasteiger partial charge is 0.282 e. The van der Waals surface area contributed by atoms with Crippen molar-refractivity contribution in [3.05, 3.63) is 35.4 Å². The van der Waals surface area contributed by atoms with Crippen LogP contribution in [0.5, 0.6) is 0 Å². The van der Waals surface area contributed by atoms with E-state index in [9.17, 15) is 8.42 Å². The molecule has 1 aromatic carbocycles. The number of fused-ring (bicyclic) bond motifs is 1. The van der Waals surface area contributed by atoms with Gasteiger partial charge in [0.1, 0.15) is 0 Å². The van der Waals surface area contributed by atoms with Gasteiger partial charge in [0.05, 0.1) is 0 Å². The molecule has 1 aliphatic carbocycles. The Morgan fingerprint density at radius 2 is 1.91 bits per heavy atom. The SMILES string of the molecule is CC(C)CCN(C1CC1)S(=O)(=O)N1CCc2ccccc2C1. The molecule has 0 radical (unpaired) electrons. The van der Waals surface area contributed by atoms with Crippen LogP contribution in [-0.4, -0.2) is 36.2 Å². The zero-order valence-corrected chi connectivity index (χ0v) is 14.3. The average molecular weight is 322 g/mol. The van der Waals surface area contributed by atoms with Crippen LogP contribution in [-0.2, 0) is 23.2 Å². The molecule has 0 bridgehead atoms. The molecule has 1 aliphatic heterocycles. The van der Waals surface area contributed by atoms with Crippen molar-refractivity contribution in [2.75, 3.05) is 13.1 Å². The molecule has 0 spiro atoms. The van der Waals surface area contributed by atoms with Crippen LogP contribution >= 0.6 is 0 Å². The summed E-state index contributed by atoms with van der Waals surface area (Å²) < 4.78 is 29.5. The summed E-state index contributed by atoms with van der Waals surface area (Å²) in [4.78, 5) is 0. The Morgan fingerprint density at radius 3 is 2.55 bits per heavy atom. The number of benzene rings is 1. The Hall–Kier alpha value is -0.910. The van der Waals surface area contributed by atoms with Gasteiger partial charge in [-0.3, -0.25) is 0 Å². The van der Waals surface area contributed by atoms with Crippen LogP contribution in [0.1, 0.15) is 44.2 Å². The first-order valence-corrected chi connectivity index (χ1v) is 9.72. The third-order valence-corrected chi connectivity index (χ3v) is 6.64. The third-order valence-electron chi connectivity index (χ3n) is 4.60. The third kappa shape index (κ3) is 3.36. The van der Waals surface area contributed by atoms with Gasteiger partial charge in [-0.25, -0.2) is 0 Å². The van der Waals surface area contributed by atoms with Gasteiger partial charge in [-0.15, -0.1) is 0 Å². The molecule has 2 aliphatic rings. The minimum Gasteiger partial charge on any atom is -0.195 e. The van der Waals surface area contributed by atoms with Crippen molar-refractivity contribution >= 4 is 10.2 Å². The zero-order valence-electron chi connectivity index (χ0n) is 13.5. The fraction of sp³-hybridized carbons (Fsp3) is 0.647. The Morgan fingerprint density at radius 1 is 1.23 bits per heavy atom. The summed E-state index contributed by atoms with van der Waals surface area (Å²) >= 11 is 0. The first-order valence-electron chi connectivity index (χ1n) is 8.32. The maximum atomic E-state index is 13.0. The van der Waals surface area contributed by atoms with Gasteiger partial charge < -0.3 is 0 Å². The van der Waals surface area contributed by atoms with Crippen molar-refractivity contribution < 1.29 is 8.42 Å². The van der Waals surface area contributed by atoms with Gasteiger partial charge in [0.15, 0.2) is 0 Å². The van der Waals surface area contributed by atoms with Crippen molar-refractivity contribution in [1.82, 2.24) is 8.61 Å². The van der Waals surface area contributed by atoms with Crippen LogP contribution in [0.15, 0.2) is 24.3 Å². The Balaban J connectivity index is 1.77. The Bertz CT molecular complexity index is 623. The summed E-state index contributed by atoms with van der Waals surface area (Å²) in [6, 6.07) is 8.42. The van der Waals surface area contributed by atoms with Gasteiger partial charge in [0.25, 0.3) is 10.2 Å². The van der Waals surface area contributed by atoms with E-state index in [-0.39, 0.29) is 6.04 Å². The topological polar surface area (TPSA) is 40.6 Å². The second-order valence-corrected chi connectivity index (χ2v) is 8.77. The van der Waals surface area contributed by atoms with E-state index in [1.54, 1.807) is 8.61 Å². The number of hydrogen-bond acceptors (Lipinski definition) is 2. The molecule has 1 saturated carbocycles. The van der Waals surface area contributed by atoms with Crippen LogP contribution in [0.3, 0.4) is 0 Å². The van der Waals surface area contributed by atoms with E-state index in [4.69, 9.17) is 0 Å². The van der Waals surface area contributed by atoms with Gasteiger partial charge in [-0.2, -0.15) is 17.0 Å². The van der Waals surface area contributed by atoms with E-state index in [0.29, 0.717) is 25.6 Å². The molecule has 122 valence electrons. The summed E-state index contributed by atoms with van der Waals surface area (Å²) in [6.07, 6.45) is 3.78. The number of rotatable bonds is 6. The van der Waals surface area contributed by atoms with E-state index in [1.165, 1.54) is 5.56 Å². The fourth-order valence-corrected chi connectivity index (χ4v) is 4.89. The molecule has 1 aromatic rings. The molecule has 0 amide bonds. The van der Waals surface area contributed by atoms with Gasteiger partial charge >= 0.3 is 0 Å². The molecular formula is C17H26N2O2S. The van der Waals surface area contributed by atoms with E-state index in [1.807, 2.05) is 18.2 Å². The lowest BCUT2D eigenvalue weighted by atomic mass is 10.0. The lowest BCUT2D eigenvalue weighted by Crippen LogP contribution is -2.47. The maximum Gasteiger partial charge on any atom is 0.282 e. The molecule has 4 nitrogen and oxygen atoms in total. The van der Waals surface area contributed by atoms with Crippen LogP contribution in [0.4, 0.5) is 0 Å². The lowest BCUT2D eigenvalue weighted by molar-refractivity contribution is 0.309. The monoisotopic (exact) mass is 322 g/mol. The molecule has 0 N–H and O–H groups in total. The molecule has 1 heterocycles. The van der Waals surface area contributed by atoms with Crippen LogP contribution in [0.25, 0.3) is 0 Å². The molecule has 22 heavy (non-hydrogen) atoms. The van der Waals surface area contributed by atoms with Crippen molar-refractivity contribution in [2.24, 2.45) is 5.92 Å².